The van der Waals surface area contributed by atoms with Crippen LogP contribution in [0.5, 0.6) is 11.5 Å². The van der Waals surface area contributed by atoms with E-state index in [0.29, 0.717) is 24.7 Å². The average Bonchev–Trinajstić information content (AvgIpc) is 2.35. The highest BCUT2D eigenvalue weighted by Crippen LogP contribution is 2.34. The van der Waals surface area contributed by atoms with Crippen LogP contribution in [-0.2, 0) is 14.8 Å². The summed E-state index contributed by atoms with van der Waals surface area (Å²) in [7, 11) is -3.67. The normalized spacial score (nSPS) is 19.4. The predicted molar refractivity (Wildman–Crippen MR) is 67.3 cm³/mol. The van der Waals surface area contributed by atoms with Crippen molar-refractivity contribution < 1.29 is 27.8 Å². The van der Waals surface area contributed by atoms with Gasteiger partial charge in [-0.2, -0.15) is 4.31 Å². The summed E-state index contributed by atoms with van der Waals surface area (Å²) in [5.74, 6) is -0.685. The van der Waals surface area contributed by atoms with Gasteiger partial charge in [-0.1, -0.05) is 0 Å². The molecule has 1 aromatic carbocycles. The molecule has 108 valence electrons. The molecular weight excluding hydrogens is 286 g/mol. The van der Waals surface area contributed by atoms with Gasteiger partial charge in [-0.3, -0.25) is 4.79 Å². The van der Waals surface area contributed by atoms with Crippen molar-refractivity contribution in [2.45, 2.75) is 4.90 Å². The van der Waals surface area contributed by atoms with E-state index in [4.69, 9.17) is 14.6 Å². The maximum atomic E-state index is 12.3. The lowest BCUT2D eigenvalue weighted by atomic mass is 10.0. The molecule has 2 aliphatic rings. The van der Waals surface area contributed by atoms with Gasteiger partial charge in [0.25, 0.3) is 0 Å². The highest BCUT2D eigenvalue weighted by Gasteiger charge is 2.40. The van der Waals surface area contributed by atoms with Gasteiger partial charge in [-0.15, -0.1) is 0 Å². The number of carbonyl (C=O) groups is 1. The Morgan fingerprint density at radius 1 is 1.20 bits per heavy atom. The van der Waals surface area contributed by atoms with Crippen LogP contribution < -0.4 is 9.47 Å². The molecule has 7 nitrogen and oxygen atoms in total. The van der Waals surface area contributed by atoms with Gasteiger partial charge in [0.1, 0.15) is 13.2 Å². The molecule has 0 spiro atoms. The van der Waals surface area contributed by atoms with E-state index in [9.17, 15) is 13.2 Å². The molecule has 1 fully saturated rings. The monoisotopic (exact) mass is 299 g/mol. The molecule has 0 radical (unpaired) electrons. The quantitative estimate of drug-likeness (QED) is 0.855. The third-order valence-corrected chi connectivity index (χ3v) is 5.18. The number of ether oxygens (including phenoxy) is 2. The number of fused-ring (bicyclic) bond motifs is 1. The summed E-state index contributed by atoms with van der Waals surface area (Å²) in [6, 6.07) is 4.41. The van der Waals surface area contributed by atoms with E-state index >= 15 is 0 Å². The number of sulfonamides is 1. The number of benzene rings is 1. The Morgan fingerprint density at radius 3 is 2.50 bits per heavy atom. The van der Waals surface area contributed by atoms with E-state index in [1.165, 1.54) is 12.1 Å². The second kappa shape index (κ2) is 4.64. The smallest absolute Gasteiger partial charge is 0.309 e. The molecular formula is C12H13NO6S. The Balaban J connectivity index is 1.83. The zero-order valence-corrected chi connectivity index (χ0v) is 11.3. The summed E-state index contributed by atoms with van der Waals surface area (Å²) < 4.78 is 36.4. The summed E-state index contributed by atoms with van der Waals surface area (Å²) in [6.45, 7) is 0.824. The first kappa shape index (κ1) is 13.2. The Morgan fingerprint density at radius 2 is 1.85 bits per heavy atom. The molecule has 8 heteroatoms. The molecule has 1 N–H and O–H groups in total. The standard InChI is InChI=1S/C12H13NO6S/c14-12(15)8-6-13(7-8)20(16,17)9-1-2-10-11(5-9)19-4-3-18-10/h1-2,5,8H,3-4,6-7H2,(H,14,15). The summed E-state index contributed by atoms with van der Waals surface area (Å²) in [5.41, 5.74) is 0. The van der Waals surface area contributed by atoms with Crippen LogP contribution in [-0.4, -0.2) is 50.1 Å². The van der Waals surface area contributed by atoms with E-state index in [-0.39, 0.29) is 18.0 Å². The molecule has 1 aromatic rings. The highest BCUT2D eigenvalue weighted by molar-refractivity contribution is 7.89. The first-order valence-electron chi connectivity index (χ1n) is 6.11. The predicted octanol–water partition coefficient (Wildman–Crippen LogP) is 0.163. The largest absolute Gasteiger partial charge is 0.486 e. The summed E-state index contributed by atoms with van der Waals surface area (Å²) in [4.78, 5) is 10.8. The van der Waals surface area contributed by atoms with Crippen molar-refractivity contribution in [2.24, 2.45) is 5.92 Å². The number of carboxylic acid groups (broad SMARTS) is 1. The van der Waals surface area contributed by atoms with Crippen LogP contribution in [0, 0.1) is 5.92 Å². The first-order chi connectivity index (χ1) is 9.48. The minimum Gasteiger partial charge on any atom is -0.486 e. The molecule has 3 rings (SSSR count). The zero-order valence-electron chi connectivity index (χ0n) is 10.5. The van der Waals surface area contributed by atoms with E-state index < -0.39 is 21.9 Å². The van der Waals surface area contributed by atoms with E-state index in [1.54, 1.807) is 6.07 Å². The molecule has 0 bridgehead atoms. The van der Waals surface area contributed by atoms with Crippen LogP contribution in [0.1, 0.15) is 0 Å². The highest BCUT2D eigenvalue weighted by atomic mass is 32.2. The SMILES string of the molecule is O=C(O)C1CN(S(=O)(=O)c2ccc3c(c2)OCCO3)C1. The van der Waals surface area contributed by atoms with Gasteiger partial charge in [-0.25, -0.2) is 8.42 Å². The number of hydrogen-bond donors (Lipinski definition) is 1. The number of hydrogen-bond acceptors (Lipinski definition) is 5. The maximum Gasteiger partial charge on any atom is 0.309 e. The number of nitrogens with zero attached hydrogens (tertiary/aromatic N) is 1. The minimum atomic E-state index is -3.67. The summed E-state index contributed by atoms with van der Waals surface area (Å²) in [5, 5.41) is 8.79. The van der Waals surface area contributed by atoms with Gasteiger partial charge in [0.2, 0.25) is 10.0 Å². The molecule has 0 aromatic heterocycles. The lowest BCUT2D eigenvalue weighted by Gasteiger charge is -2.35. The van der Waals surface area contributed by atoms with E-state index in [0.717, 1.165) is 4.31 Å². The molecule has 2 aliphatic heterocycles. The van der Waals surface area contributed by atoms with Crippen molar-refractivity contribution in [3.8, 4) is 11.5 Å². The Kier molecular flexibility index (Phi) is 3.06. The van der Waals surface area contributed by atoms with Gasteiger partial charge in [0, 0.05) is 19.2 Å². The van der Waals surface area contributed by atoms with E-state index in [1.807, 2.05) is 0 Å². The van der Waals surface area contributed by atoms with Crippen molar-refractivity contribution in [3.05, 3.63) is 18.2 Å². The Bertz CT molecular complexity index is 650. The van der Waals surface area contributed by atoms with Crippen molar-refractivity contribution in [3.63, 3.8) is 0 Å². The van der Waals surface area contributed by atoms with Gasteiger partial charge in [0.05, 0.1) is 10.8 Å². The molecule has 0 amide bonds. The van der Waals surface area contributed by atoms with Crippen LogP contribution in [0.2, 0.25) is 0 Å². The van der Waals surface area contributed by atoms with Crippen molar-refractivity contribution >= 4 is 16.0 Å². The Labute approximate surface area is 115 Å². The number of aliphatic carboxylic acids is 1. The minimum absolute atomic E-state index is 0.00606. The van der Waals surface area contributed by atoms with Gasteiger partial charge in [0.15, 0.2) is 11.5 Å². The van der Waals surface area contributed by atoms with Gasteiger partial charge in [-0.05, 0) is 12.1 Å². The van der Waals surface area contributed by atoms with Crippen molar-refractivity contribution in [2.75, 3.05) is 26.3 Å². The molecule has 0 unspecified atom stereocenters. The first-order valence-corrected chi connectivity index (χ1v) is 7.55. The third-order valence-electron chi connectivity index (χ3n) is 3.35. The Hall–Kier alpha value is -1.80. The lowest BCUT2D eigenvalue weighted by molar-refractivity contribution is -0.145. The second-order valence-electron chi connectivity index (χ2n) is 4.66. The van der Waals surface area contributed by atoms with Crippen LogP contribution in [0.15, 0.2) is 23.1 Å². The maximum absolute atomic E-state index is 12.3. The molecule has 20 heavy (non-hydrogen) atoms. The molecule has 0 atom stereocenters. The summed E-state index contributed by atoms with van der Waals surface area (Å²) in [6.07, 6.45) is 0. The molecule has 2 heterocycles. The average molecular weight is 299 g/mol. The lowest BCUT2D eigenvalue weighted by Crippen LogP contribution is -2.52. The van der Waals surface area contributed by atoms with Crippen LogP contribution in [0.25, 0.3) is 0 Å². The fourth-order valence-electron chi connectivity index (χ4n) is 2.12. The van der Waals surface area contributed by atoms with E-state index in [2.05, 4.69) is 0 Å². The third kappa shape index (κ3) is 2.10. The van der Waals surface area contributed by atoms with Gasteiger partial charge < -0.3 is 14.6 Å². The van der Waals surface area contributed by atoms with Crippen molar-refractivity contribution in [1.82, 2.24) is 4.31 Å². The summed E-state index contributed by atoms with van der Waals surface area (Å²) >= 11 is 0. The second-order valence-corrected chi connectivity index (χ2v) is 6.60. The fourth-order valence-corrected chi connectivity index (χ4v) is 3.67. The number of carboxylic acids is 1. The molecule has 0 aliphatic carbocycles. The van der Waals surface area contributed by atoms with Crippen LogP contribution in [0.3, 0.4) is 0 Å². The van der Waals surface area contributed by atoms with Crippen LogP contribution in [0.4, 0.5) is 0 Å². The van der Waals surface area contributed by atoms with Crippen molar-refractivity contribution in [1.29, 1.82) is 0 Å². The number of rotatable bonds is 3. The zero-order chi connectivity index (χ0) is 14.3. The fraction of sp³-hybridized carbons (Fsp3) is 0.417. The topological polar surface area (TPSA) is 93.1 Å². The molecule has 0 saturated carbocycles. The molecule has 1 saturated heterocycles. The van der Waals surface area contributed by atoms with Gasteiger partial charge >= 0.3 is 5.97 Å². The van der Waals surface area contributed by atoms with Crippen LogP contribution >= 0.6 is 0 Å².